The van der Waals surface area contributed by atoms with Crippen LogP contribution in [0.4, 0.5) is 0 Å². The average molecular weight is 308 g/mol. The predicted octanol–water partition coefficient (Wildman–Crippen LogP) is 1.63. The van der Waals surface area contributed by atoms with Gasteiger partial charge < -0.3 is 0 Å². The normalized spacial score (nSPS) is 12.1. The standard InChI is InChI=1S/C11H9N4SSe/c12-11(17)15-13-6-9-7-16-10(14-9)8-4-2-1-3-5-8/h1-7H,(H2,12,15)/b13-6+. The number of thiazole rings is 1. The van der Waals surface area contributed by atoms with Crippen molar-refractivity contribution in [2.45, 2.75) is 0 Å². The molecule has 0 unspecified atom stereocenters. The van der Waals surface area contributed by atoms with Crippen LogP contribution in [0, 0.1) is 0 Å². The molecule has 1 heterocycles. The quantitative estimate of drug-likeness (QED) is 0.405. The summed E-state index contributed by atoms with van der Waals surface area (Å²) in [7, 11) is 0. The summed E-state index contributed by atoms with van der Waals surface area (Å²) in [5.74, 6) is 0. The number of benzene rings is 1. The van der Waals surface area contributed by atoms with Gasteiger partial charge in [0.25, 0.3) is 0 Å². The number of amidine groups is 1. The van der Waals surface area contributed by atoms with Gasteiger partial charge in [-0.1, -0.05) is 0 Å². The average Bonchev–Trinajstić information content (AvgIpc) is 2.78. The molecule has 0 saturated carbocycles. The van der Waals surface area contributed by atoms with Crippen molar-refractivity contribution in [1.82, 2.24) is 4.98 Å². The molecule has 0 saturated heterocycles. The van der Waals surface area contributed by atoms with Gasteiger partial charge in [-0.2, -0.15) is 0 Å². The molecule has 0 aliphatic heterocycles. The Balaban J connectivity index is 2.17. The van der Waals surface area contributed by atoms with Gasteiger partial charge in [-0.05, 0) is 0 Å². The molecule has 4 nitrogen and oxygen atoms in total. The van der Waals surface area contributed by atoms with E-state index in [9.17, 15) is 0 Å². The van der Waals surface area contributed by atoms with E-state index in [1.165, 1.54) is 0 Å². The summed E-state index contributed by atoms with van der Waals surface area (Å²) in [5, 5.41) is 10.4. The summed E-state index contributed by atoms with van der Waals surface area (Å²) in [5.41, 5.74) is 7.19. The molecule has 2 aromatic rings. The van der Waals surface area contributed by atoms with E-state index in [2.05, 4.69) is 31.2 Å². The predicted molar refractivity (Wildman–Crippen MR) is 72.5 cm³/mol. The summed E-state index contributed by atoms with van der Waals surface area (Å²) in [6.45, 7) is 0. The molecule has 0 fully saturated rings. The first-order valence-electron chi connectivity index (χ1n) is 4.80. The summed E-state index contributed by atoms with van der Waals surface area (Å²) in [6.07, 6.45) is 1.58. The van der Waals surface area contributed by atoms with Gasteiger partial charge in [-0.3, -0.25) is 0 Å². The van der Waals surface area contributed by atoms with Crippen LogP contribution >= 0.6 is 11.3 Å². The number of nitrogens with two attached hydrogens (primary N) is 1. The first-order chi connectivity index (χ1) is 8.25. The summed E-state index contributed by atoms with van der Waals surface area (Å²) >= 11 is 4.13. The second-order valence-electron chi connectivity index (χ2n) is 3.13. The summed E-state index contributed by atoms with van der Waals surface area (Å²) in [6, 6.07) is 10.0. The molecule has 0 aliphatic carbocycles. The van der Waals surface area contributed by atoms with Crippen LogP contribution in [0.15, 0.2) is 45.9 Å². The third kappa shape index (κ3) is 3.49. The van der Waals surface area contributed by atoms with Crippen molar-refractivity contribution < 1.29 is 0 Å². The number of hydrogen-bond acceptors (Lipinski definition) is 4. The molecule has 6 heteroatoms. The molecule has 0 bridgehead atoms. The van der Waals surface area contributed by atoms with Gasteiger partial charge in [0.2, 0.25) is 0 Å². The Labute approximate surface area is 111 Å². The molecule has 0 aliphatic rings. The Morgan fingerprint density at radius 1 is 1.35 bits per heavy atom. The molecule has 2 N–H and O–H groups in total. The Morgan fingerprint density at radius 3 is 2.82 bits per heavy atom. The van der Waals surface area contributed by atoms with Gasteiger partial charge in [0, 0.05) is 0 Å². The molecule has 2 rings (SSSR count). The molecule has 1 aromatic heterocycles. The zero-order valence-corrected chi connectivity index (χ0v) is 11.3. The number of hydrogen-bond donors (Lipinski definition) is 1. The first-order valence-corrected chi connectivity index (χ1v) is 6.54. The first kappa shape index (κ1) is 12.0. The van der Waals surface area contributed by atoms with Crippen LogP contribution < -0.4 is 5.73 Å². The van der Waals surface area contributed by atoms with Crippen LogP contribution in [-0.4, -0.2) is 31.9 Å². The van der Waals surface area contributed by atoms with Gasteiger partial charge in [0.15, 0.2) is 0 Å². The van der Waals surface area contributed by atoms with E-state index in [0.717, 1.165) is 16.3 Å². The van der Waals surface area contributed by atoms with Gasteiger partial charge in [-0.15, -0.1) is 0 Å². The number of nitrogens with zero attached hydrogens (tertiary/aromatic N) is 3. The molecular formula is C11H9N4SSe. The van der Waals surface area contributed by atoms with Crippen LogP contribution in [0.3, 0.4) is 0 Å². The fourth-order valence-corrected chi connectivity index (χ4v) is 2.08. The molecular weight excluding hydrogens is 299 g/mol. The van der Waals surface area contributed by atoms with Gasteiger partial charge >= 0.3 is 111 Å². The third-order valence-corrected chi connectivity index (χ3v) is 2.97. The summed E-state index contributed by atoms with van der Waals surface area (Å²) in [4.78, 5) is 4.43. The van der Waals surface area contributed by atoms with E-state index < -0.39 is 0 Å². The van der Waals surface area contributed by atoms with Crippen LogP contribution in [0.5, 0.6) is 0 Å². The topological polar surface area (TPSA) is 63.6 Å². The zero-order valence-electron chi connectivity index (χ0n) is 8.78. The Bertz CT molecular complexity index is 544. The molecule has 17 heavy (non-hydrogen) atoms. The van der Waals surface area contributed by atoms with Crippen molar-refractivity contribution in [2.24, 2.45) is 15.9 Å². The maximum absolute atomic E-state index is 5.32. The minimum absolute atomic E-state index is 0.305. The van der Waals surface area contributed by atoms with Crippen LogP contribution in [0.2, 0.25) is 0 Å². The minimum atomic E-state index is 0.305. The zero-order chi connectivity index (χ0) is 12.1. The van der Waals surface area contributed by atoms with E-state index in [1.54, 1.807) is 17.6 Å². The monoisotopic (exact) mass is 309 g/mol. The van der Waals surface area contributed by atoms with Gasteiger partial charge in [-0.25, -0.2) is 0 Å². The number of aromatic nitrogens is 1. The van der Waals surface area contributed by atoms with E-state index in [4.69, 9.17) is 5.73 Å². The molecule has 0 amide bonds. The van der Waals surface area contributed by atoms with Crippen LogP contribution in [0.25, 0.3) is 10.6 Å². The van der Waals surface area contributed by atoms with Crippen molar-refractivity contribution >= 4 is 38.3 Å². The van der Waals surface area contributed by atoms with E-state index in [0.29, 0.717) is 4.73 Å². The maximum atomic E-state index is 5.32. The summed E-state index contributed by atoms with van der Waals surface area (Å²) < 4.78 is 0.305. The fraction of sp³-hybridized carbons (Fsp3) is 0. The van der Waals surface area contributed by atoms with E-state index in [-0.39, 0.29) is 0 Å². The molecule has 0 atom stereocenters. The van der Waals surface area contributed by atoms with Crippen molar-refractivity contribution in [3.63, 3.8) is 0 Å². The third-order valence-electron chi connectivity index (χ3n) is 1.89. The van der Waals surface area contributed by atoms with Gasteiger partial charge in [0.1, 0.15) is 0 Å². The second-order valence-corrected chi connectivity index (χ2v) is 4.86. The molecule has 85 valence electrons. The van der Waals surface area contributed by atoms with Crippen molar-refractivity contribution in [3.05, 3.63) is 41.4 Å². The molecule has 1 aromatic carbocycles. The molecule has 1 radical (unpaired) electrons. The van der Waals surface area contributed by atoms with E-state index >= 15 is 0 Å². The van der Waals surface area contributed by atoms with Crippen molar-refractivity contribution in [3.8, 4) is 10.6 Å². The van der Waals surface area contributed by atoms with Crippen molar-refractivity contribution in [1.29, 1.82) is 0 Å². The fourth-order valence-electron chi connectivity index (χ4n) is 1.20. The van der Waals surface area contributed by atoms with Crippen LogP contribution in [-0.2, 0) is 0 Å². The van der Waals surface area contributed by atoms with Crippen molar-refractivity contribution in [2.75, 3.05) is 0 Å². The number of rotatable bonds is 3. The van der Waals surface area contributed by atoms with Gasteiger partial charge in [0.05, 0.1) is 0 Å². The second kappa shape index (κ2) is 5.72. The van der Waals surface area contributed by atoms with Crippen LogP contribution in [0.1, 0.15) is 5.69 Å². The Kier molecular flexibility index (Phi) is 4.03. The molecule has 0 spiro atoms. The Morgan fingerprint density at radius 2 is 2.12 bits per heavy atom. The Hall–Kier alpha value is -1.49. The van der Waals surface area contributed by atoms with E-state index in [1.807, 2.05) is 35.7 Å². The SMILES string of the molecule is NC([Se])=N/N=C/c1csc(-c2ccccc2)n1.